The zero-order valence-corrected chi connectivity index (χ0v) is 18.0. The molecule has 0 amide bonds. The van der Waals surface area contributed by atoms with Gasteiger partial charge in [0.25, 0.3) is 0 Å². The first-order valence-corrected chi connectivity index (χ1v) is 10.3. The molecule has 21 heavy (non-hydrogen) atoms. The van der Waals surface area contributed by atoms with Crippen molar-refractivity contribution >= 4 is 8.32 Å². The number of halogens is 2. The molecule has 2 aliphatic carbocycles. The first-order chi connectivity index (χ1) is 8.56. The van der Waals surface area contributed by atoms with Crippen LogP contribution in [0.5, 0.6) is 0 Å². The second kappa shape index (κ2) is 11.2. The standard InChI is InChI=1S/C16H23OSi.2ClH.Zr/c1-18(2,3)17-13-7-11-15-10-6-12-16(15)14-8-4-5-9-14;;;/h4-5,8,12H,6-7,9,11,13H2,1-3H3;2*1H;/q-1;;;+3/p-2. The molecule has 0 heterocycles. The molecular weight excluding hydrogens is 398 g/mol. The summed E-state index contributed by atoms with van der Waals surface area (Å²) in [6.45, 7) is 7.63. The topological polar surface area (TPSA) is 9.23 Å². The Bertz CT molecular complexity index is 434. The molecule has 0 spiro atoms. The normalized spacial score (nSPS) is 16.2. The minimum atomic E-state index is -1.34. The van der Waals surface area contributed by atoms with Crippen molar-refractivity contribution < 1.29 is 55.4 Å². The average molecular weight is 422 g/mol. The third kappa shape index (κ3) is 8.13. The number of rotatable bonds is 6. The Morgan fingerprint density at radius 3 is 2.52 bits per heavy atom. The molecule has 0 unspecified atom stereocenters. The van der Waals surface area contributed by atoms with E-state index in [1.807, 2.05) is 0 Å². The van der Waals surface area contributed by atoms with E-state index in [9.17, 15) is 0 Å². The average Bonchev–Trinajstić information content (AvgIpc) is 2.93. The molecule has 0 aliphatic heterocycles. The summed E-state index contributed by atoms with van der Waals surface area (Å²) in [5, 5.41) is 0. The van der Waals surface area contributed by atoms with Crippen LogP contribution in [0.15, 0.2) is 41.0 Å². The third-order valence-electron chi connectivity index (χ3n) is 3.17. The predicted molar refractivity (Wildman–Crippen MR) is 79.8 cm³/mol. The van der Waals surface area contributed by atoms with E-state index < -0.39 is 8.32 Å². The van der Waals surface area contributed by atoms with Crippen molar-refractivity contribution in [2.75, 3.05) is 6.61 Å². The minimum absolute atomic E-state index is 0. The van der Waals surface area contributed by atoms with Gasteiger partial charge in [0.2, 0.25) is 0 Å². The smallest absolute Gasteiger partial charge is 1.00 e. The van der Waals surface area contributed by atoms with Crippen molar-refractivity contribution in [3.8, 4) is 0 Å². The van der Waals surface area contributed by atoms with Gasteiger partial charge in [0.15, 0.2) is 8.32 Å². The Hall–Kier alpha value is 0.600. The maximum Gasteiger partial charge on any atom is 3.00 e. The van der Waals surface area contributed by atoms with Crippen LogP contribution >= 0.6 is 0 Å². The van der Waals surface area contributed by atoms with Gasteiger partial charge in [-0.05, 0) is 32.5 Å². The van der Waals surface area contributed by atoms with Crippen LogP contribution in [0.1, 0.15) is 25.7 Å². The van der Waals surface area contributed by atoms with Gasteiger partial charge < -0.3 is 29.2 Å². The van der Waals surface area contributed by atoms with Crippen molar-refractivity contribution in [3.63, 3.8) is 0 Å². The molecule has 0 aromatic carbocycles. The number of allylic oxidation sites excluding steroid dienone is 8. The van der Waals surface area contributed by atoms with Crippen LogP contribution < -0.4 is 24.8 Å². The Morgan fingerprint density at radius 2 is 1.95 bits per heavy atom. The van der Waals surface area contributed by atoms with Crippen LogP contribution in [0.3, 0.4) is 0 Å². The SMILES string of the molecule is C[Si](C)(C)OCCCC1=[C-]CC=C1C1=CC=CC1.[Cl-].[Cl-].[Zr+3]. The summed E-state index contributed by atoms with van der Waals surface area (Å²) >= 11 is 0. The van der Waals surface area contributed by atoms with E-state index in [1.54, 1.807) is 0 Å². The number of hydrogen-bond acceptors (Lipinski definition) is 1. The van der Waals surface area contributed by atoms with E-state index in [2.05, 4.69) is 50.0 Å². The Kier molecular flexibility index (Phi) is 12.7. The summed E-state index contributed by atoms with van der Waals surface area (Å²) in [6, 6.07) is 0. The van der Waals surface area contributed by atoms with Crippen molar-refractivity contribution in [2.45, 2.75) is 45.3 Å². The van der Waals surface area contributed by atoms with Gasteiger partial charge in [-0.1, -0.05) is 24.6 Å². The second-order valence-corrected chi connectivity index (χ2v) is 10.4. The summed E-state index contributed by atoms with van der Waals surface area (Å²) in [5.41, 5.74) is 4.30. The maximum absolute atomic E-state index is 5.90. The van der Waals surface area contributed by atoms with Crippen molar-refractivity contribution in [1.82, 2.24) is 0 Å². The van der Waals surface area contributed by atoms with Gasteiger partial charge in [0.05, 0.1) is 0 Å². The predicted octanol–water partition coefficient (Wildman–Crippen LogP) is -1.43. The number of hydrogen-bond donors (Lipinski definition) is 0. The summed E-state index contributed by atoms with van der Waals surface area (Å²) in [6.07, 6.45) is 16.7. The van der Waals surface area contributed by atoms with Gasteiger partial charge in [-0.3, -0.25) is 6.08 Å². The van der Waals surface area contributed by atoms with E-state index in [4.69, 9.17) is 4.43 Å². The van der Waals surface area contributed by atoms with Gasteiger partial charge in [0.1, 0.15) is 0 Å². The molecule has 0 N–H and O–H groups in total. The first-order valence-electron chi connectivity index (χ1n) is 6.86. The fourth-order valence-corrected chi connectivity index (χ4v) is 3.07. The molecule has 0 fully saturated rings. The molecular formula is C16H23Cl2OSiZr. The van der Waals surface area contributed by atoms with Crippen LogP contribution in [-0.4, -0.2) is 14.9 Å². The van der Waals surface area contributed by atoms with Gasteiger partial charge in [-0.2, -0.15) is 11.6 Å². The minimum Gasteiger partial charge on any atom is -1.00 e. The summed E-state index contributed by atoms with van der Waals surface area (Å²) in [7, 11) is -1.34. The molecule has 0 saturated carbocycles. The molecule has 1 radical (unpaired) electrons. The van der Waals surface area contributed by atoms with E-state index in [-0.39, 0.29) is 51.0 Å². The maximum atomic E-state index is 5.90. The molecule has 2 aliphatic rings. The van der Waals surface area contributed by atoms with Crippen LogP contribution in [0.25, 0.3) is 0 Å². The van der Waals surface area contributed by atoms with E-state index in [1.165, 1.54) is 16.7 Å². The molecule has 0 atom stereocenters. The van der Waals surface area contributed by atoms with Crippen LogP contribution in [-0.2, 0) is 30.6 Å². The van der Waals surface area contributed by atoms with E-state index in [0.29, 0.717) is 0 Å². The molecule has 0 saturated heterocycles. The summed E-state index contributed by atoms with van der Waals surface area (Å²) in [4.78, 5) is 0. The van der Waals surface area contributed by atoms with Gasteiger partial charge in [0, 0.05) is 6.61 Å². The molecule has 0 aromatic heterocycles. The van der Waals surface area contributed by atoms with Crippen LogP contribution in [0.2, 0.25) is 19.6 Å². The van der Waals surface area contributed by atoms with Gasteiger partial charge in [-0.25, -0.2) is 5.57 Å². The van der Waals surface area contributed by atoms with E-state index >= 15 is 0 Å². The Labute approximate surface area is 162 Å². The van der Waals surface area contributed by atoms with E-state index in [0.717, 1.165) is 32.3 Å². The second-order valence-electron chi connectivity index (χ2n) is 5.87. The van der Waals surface area contributed by atoms with Crippen LogP contribution in [0.4, 0.5) is 0 Å². The Balaban J connectivity index is 0. The summed E-state index contributed by atoms with van der Waals surface area (Å²) < 4.78 is 5.90. The molecule has 0 bridgehead atoms. The Morgan fingerprint density at radius 1 is 1.24 bits per heavy atom. The first kappa shape index (κ1) is 23.9. The molecule has 2 rings (SSSR count). The largest absolute Gasteiger partial charge is 3.00 e. The van der Waals surface area contributed by atoms with Gasteiger partial charge >= 0.3 is 26.2 Å². The zero-order valence-electron chi connectivity index (χ0n) is 13.0. The van der Waals surface area contributed by atoms with Crippen molar-refractivity contribution in [1.29, 1.82) is 0 Å². The van der Waals surface area contributed by atoms with Crippen molar-refractivity contribution in [3.05, 3.63) is 47.1 Å². The summed E-state index contributed by atoms with van der Waals surface area (Å²) in [5.74, 6) is 0. The monoisotopic (exact) mass is 419 g/mol. The van der Waals surface area contributed by atoms with Gasteiger partial charge in [-0.15, -0.1) is 12.0 Å². The molecule has 115 valence electrons. The third-order valence-corrected chi connectivity index (χ3v) is 4.24. The fourth-order valence-electron chi connectivity index (χ4n) is 2.32. The van der Waals surface area contributed by atoms with Crippen molar-refractivity contribution in [2.24, 2.45) is 0 Å². The molecule has 0 aromatic rings. The molecule has 5 heteroatoms. The zero-order chi connectivity index (χ0) is 13.0. The fraction of sp³-hybridized carbons (Fsp3) is 0.500. The quantitative estimate of drug-likeness (QED) is 0.290. The van der Waals surface area contributed by atoms with Crippen LogP contribution in [0, 0.1) is 6.08 Å². The molecule has 1 nitrogen and oxygen atoms in total.